The standard InChI is InChI=1S/C7H10O5/c1-2-5(8)3-7(11)12-4-6(9)10/h2-4H2,1H3,(H,9,10). The predicted molar refractivity (Wildman–Crippen MR) is 38.5 cm³/mol. The summed E-state index contributed by atoms with van der Waals surface area (Å²) in [5.41, 5.74) is 0. The van der Waals surface area contributed by atoms with Gasteiger partial charge in [0.15, 0.2) is 6.61 Å². The predicted octanol–water partition coefficient (Wildman–Crippen LogP) is -0.0166. The second-order valence-electron chi connectivity index (χ2n) is 2.12. The molecule has 0 saturated heterocycles. The topological polar surface area (TPSA) is 80.7 Å². The molecule has 0 aromatic rings. The monoisotopic (exact) mass is 174 g/mol. The van der Waals surface area contributed by atoms with Gasteiger partial charge in [-0.25, -0.2) is 4.79 Å². The van der Waals surface area contributed by atoms with E-state index < -0.39 is 18.5 Å². The molecule has 68 valence electrons. The number of aliphatic carboxylic acids is 1. The van der Waals surface area contributed by atoms with E-state index in [-0.39, 0.29) is 18.6 Å². The van der Waals surface area contributed by atoms with Gasteiger partial charge in [0, 0.05) is 6.42 Å². The van der Waals surface area contributed by atoms with E-state index in [0.29, 0.717) is 0 Å². The summed E-state index contributed by atoms with van der Waals surface area (Å²) in [5.74, 6) is -2.28. The quantitative estimate of drug-likeness (QED) is 0.468. The highest BCUT2D eigenvalue weighted by atomic mass is 16.5. The highest BCUT2D eigenvalue weighted by Crippen LogP contribution is 1.91. The number of hydrogen-bond donors (Lipinski definition) is 1. The van der Waals surface area contributed by atoms with Crippen LogP contribution in [0.15, 0.2) is 0 Å². The Morgan fingerprint density at radius 3 is 2.33 bits per heavy atom. The molecule has 0 atom stereocenters. The molecule has 0 aliphatic heterocycles. The van der Waals surface area contributed by atoms with Gasteiger partial charge in [0.1, 0.15) is 12.2 Å². The summed E-state index contributed by atoms with van der Waals surface area (Å²) in [7, 11) is 0. The Morgan fingerprint density at radius 2 is 1.92 bits per heavy atom. The maximum atomic E-state index is 10.6. The van der Waals surface area contributed by atoms with Crippen LogP contribution in [-0.4, -0.2) is 29.4 Å². The SMILES string of the molecule is CCC(=O)CC(=O)OCC(=O)O. The fraction of sp³-hybridized carbons (Fsp3) is 0.571. The Morgan fingerprint density at radius 1 is 1.33 bits per heavy atom. The lowest BCUT2D eigenvalue weighted by molar-refractivity contribution is -0.156. The normalized spacial score (nSPS) is 9.08. The van der Waals surface area contributed by atoms with Crippen molar-refractivity contribution < 1.29 is 24.2 Å². The maximum absolute atomic E-state index is 10.6. The number of rotatable bonds is 5. The summed E-state index contributed by atoms with van der Waals surface area (Å²) in [5, 5.41) is 8.09. The van der Waals surface area contributed by atoms with Gasteiger partial charge in [-0.15, -0.1) is 0 Å². The van der Waals surface area contributed by atoms with Gasteiger partial charge in [0.05, 0.1) is 0 Å². The minimum absolute atomic E-state index is 0.252. The molecule has 0 fully saturated rings. The number of hydrogen-bond acceptors (Lipinski definition) is 4. The smallest absolute Gasteiger partial charge is 0.341 e. The highest BCUT2D eigenvalue weighted by molar-refractivity contribution is 5.95. The first-order chi connectivity index (χ1) is 5.56. The summed E-state index contributed by atoms with van der Waals surface area (Å²) in [6, 6.07) is 0. The number of carboxylic acid groups (broad SMARTS) is 1. The van der Waals surface area contributed by atoms with Crippen LogP contribution in [0.2, 0.25) is 0 Å². The van der Waals surface area contributed by atoms with Gasteiger partial charge in [-0.1, -0.05) is 6.92 Å². The molecule has 0 amide bonds. The van der Waals surface area contributed by atoms with Crippen molar-refractivity contribution in [3.63, 3.8) is 0 Å². The van der Waals surface area contributed by atoms with Crippen LogP contribution in [-0.2, 0) is 19.1 Å². The zero-order valence-corrected chi connectivity index (χ0v) is 6.70. The molecular weight excluding hydrogens is 164 g/mol. The zero-order chi connectivity index (χ0) is 9.56. The van der Waals surface area contributed by atoms with E-state index in [4.69, 9.17) is 5.11 Å². The fourth-order valence-corrected chi connectivity index (χ4v) is 0.479. The second kappa shape index (κ2) is 5.29. The fourth-order valence-electron chi connectivity index (χ4n) is 0.479. The molecule has 1 N–H and O–H groups in total. The molecule has 0 aromatic heterocycles. The molecule has 5 heteroatoms. The largest absolute Gasteiger partial charge is 0.479 e. The third-order valence-corrected chi connectivity index (χ3v) is 1.09. The number of ether oxygens (including phenoxy) is 1. The lowest BCUT2D eigenvalue weighted by atomic mass is 10.2. The molecule has 0 aromatic carbocycles. The number of carbonyl (C=O) groups excluding carboxylic acids is 2. The molecule has 12 heavy (non-hydrogen) atoms. The summed E-state index contributed by atoms with van der Waals surface area (Å²) < 4.78 is 4.22. The Labute approximate surface area is 69.3 Å². The first-order valence-electron chi connectivity index (χ1n) is 3.45. The Bertz CT molecular complexity index is 196. The first kappa shape index (κ1) is 10.6. The Kier molecular flexibility index (Phi) is 4.67. The molecule has 0 unspecified atom stereocenters. The number of carboxylic acids is 1. The molecule has 0 aliphatic rings. The van der Waals surface area contributed by atoms with Crippen LogP contribution in [0.3, 0.4) is 0 Å². The van der Waals surface area contributed by atoms with E-state index in [2.05, 4.69) is 4.74 Å². The van der Waals surface area contributed by atoms with Crippen molar-refractivity contribution in [3.8, 4) is 0 Å². The number of esters is 1. The van der Waals surface area contributed by atoms with Crippen LogP contribution in [0.5, 0.6) is 0 Å². The van der Waals surface area contributed by atoms with Crippen LogP contribution in [0.1, 0.15) is 19.8 Å². The van der Waals surface area contributed by atoms with Crippen molar-refractivity contribution in [2.75, 3.05) is 6.61 Å². The molecule has 0 spiro atoms. The Hall–Kier alpha value is -1.39. The Balaban J connectivity index is 3.60. The summed E-state index contributed by atoms with van der Waals surface area (Å²) in [6.45, 7) is 0.933. The minimum atomic E-state index is -1.23. The molecule has 5 nitrogen and oxygen atoms in total. The zero-order valence-electron chi connectivity index (χ0n) is 6.70. The van der Waals surface area contributed by atoms with E-state index in [9.17, 15) is 14.4 Å². The third kappa shape index (κ3) is 5.40. The first-order valence-corrected chi connectivity index (χ1v) is 3.45. The van der Waals surface area contributed by atoms with Crippen LogP contribution in [0.4, 0.5) is 0 Å². The van der Waals surface area contributed by atoms with Crippen molar-refractivity contribution in [1.82, 2.24) is 0 Å². The van der Waals surface area contributed by atoms with E-state index in [1.807, 2.05) is 0 Å². The average Bonchev–Trinajstić information content (AvgIpc) is 2.00. The lowest BCUT2D eigenvalue weighted by Gasteiger charge is -1.98. The third-order valence-electron chi connectivity index (χ3n) is 1.09. The minimum Gasteiger partial charge on any atom is -0.479 e. The summed E-state index contributed by atoms with van der Waals surface area (Å²) in [6.07, 6.45) is -0.0913. The van der Waals surface area contributed by atoms with E-state index in [0.717, 1.165) is 0 Å². The van der Waals surface area contributed by atoms with Gasteiger partial charge in [0.25, 0.3) is 0 Å². The van der Waals surface area contributed by atoms with E-state index in [1.165, 1.54) is 0 Å². The molecular formula is C7H10O5. The molecule has 0 radical (unpaired) electrons. The highest BCUT2D eigenvalue weighted by Gasteiger charge is 2.09. The van der Waals surface area contributed by atoms with Gasteiger partial charge in [-0.05, 0) is 0 Å². The van der Waals surface area contributed by atoms with Crippen LogP contribution >= 0.6 is 0 Å². The van der Waals surface area contributed by atoms with Crippen molar-refractivity contribution >= 4 is 17.7 Å². The van der Waals surface area contributed by atoms with Crippen LogP contribution < -0.4 is 0 Å². The van der Waals surface area contributed by atoms with Crippen molar-refractivity contribution in [2.24, 2.45) is 0 Å². The van der Waals surface area contributed by atoms with Gasteiger partial charge in [-0.2, -0.15) is 0 Å². The van der Waals surface area contributed by atoms with Gasteiger partial charge in [-0.3, -0.25) is 9.59 Å². The van der Waals surface area contributed by atoms with Gasteiger partial charge in [0.2, 0.25) is 0 Å². The number of ketones is 1. The molecule has 0 rings (SSSR count). The molecule has 0 aliphatic carbocycles. The average molecular weight is 174 g/mol. The van der Waals surface area contributed by atoms with Crippen LogP contribution in [0, 0.1) is 0 Å². The van der Waals surface area contributed by atoms with E-state index in [1.54, 1.807) is 6.92 Å². The summed E-state index contributed by atoms with van der Waals surface area (Å²) in [4.78, 5) is 31.1. The van der Waals surface area contributed by atoms with Crippen molar-refractivity contribution in [2.45, 2.75) is 19.8 Å². The second-order valence-corrected chi connectivity index (χ2v) is 2.12. The molecule has 0 saturated carbocycles. The lowest BCUT2D eigenvalue weighted by Crippen LogP contribution is -2.15. The van der Waals surface area contributed by atoms with Crippen molar-refractivity contribution in [1.29, 1.82) is 0 Å². The molecule has 0 heterocycles. The maximum Gasteiger partial charge on any atom is 0.341 e. The molecule has 0 bridgehead atoms. The number of Topliss-reactive ketones (excluding diaryl/α,β-unsaturated/α-hetero) is 1. The summed E-state index contributed by atoms with van der Waals surface area (Å²) >= 11 is 0. The van der Waals surface area contributed by atoms with Crippen molar-refractivity contribution in [3.05, 3.63) is 0 Å². The van der Waals surface area contributed by atoms with Gasteiger partial charge < -0.3 is 9.84 Å². The van der Waals surface area contributed by atoms with E-state index >= 15 is 0 Å². The van der Waals surface area contributed by atoms with Crippen LogP contribution in [0.25, 0.3) is 0 Å². The van der Waals surface area contributed by atoms with Gasteiger partial charge >= 0.3 is 11.9 Å². The number of carbonyl (C=O) groups is 3.